The molecular formula is C16H21N3O6S. The van der Waals surface area contributed by atoms with Crippen LogP contribution in [0.1, 0.15) is 12.8 Å². The molecule has 0 bridgehead atoms. The molecule has 10 heteroatoms. The second kappa shape index (κ2) is 8.77. The fraction of sp³-hybridized carbons (Fsp3) is 0.438. The van der Waals surface area contributed by atoms with Crippen molar-refractivity contribution in [3.05, 3.63) is 30.3 Å². The van der Waals surface area contributed by atoms with Crippen LogP contribution in [0.15, 0.2) is 35.2 Å². The van der Waals surface area contributed by atoms with Gasteiger partial charge in [-0.25, -0.2) is 8.42 Å². The van der Waals surface area contributed by atoms with Crippen LogP contribution in [0.2, 0.25) is 0 Å². The average Bonchev–Trinajstić information content (AvgIpc) is 2.63. The normalized spacial score (nSPS) is 18.0. The van der Waals surface area contributed by atoms with Gasteiger partial charge < -0.3 is 15.4 Å². The molecule has 2 rings (SSSR count). The summed E-state index contributed by atoms with van der Waals surface area (Å²) in [7, 11) is -2.67. The van der Waals surface area contributed by atoms with Crippen molar-refractivity contribution in [3.63, 3.8) is 0 Å². The highest BCUT2D eigenvalue weighted by Gasteiger charge is 2.39. The van der Waals surface area contributed by atoms with Crippen LogP contribution < -0.4 is 10.6 Å². The summed E-state index contributed by atoms with van der Waals surface area (Å²) in [5.41, 5.74) is 0. The summed E-state index contributed by atoms with van der Waals surface area (Å²) < 4.78 is 31.2. The molecule has 1 fully saturated rings. The molecule has 1 aromatic carbocycles. The number of nitrogens with one attached hydrogen (secondary N) is 2. The predicted molar refractivity (Wildman–Crippen MR) is 91.4 cm³/mol. The number of methoxy groups -OCH3 is 1. The molecule has 1 saturated heterocycles. The fourth-order valence-electron chi connectivity index (χ4n) is 2.56. The summed E-state index contributed by atoms with van der Waals surface area (Å²) in [5.74, 6) is -1.53. The number of hydrogen-bond donors (Lipinski definition) is 2. The largest absolute Gasteiger partial charge is 0.469 e. The molecule has 0 radical (unpaired) electrons. The van der Waals surface area contributed by atoms with Gasteiger partial charge in [-0.2, -0.15) is 4.31 Å². The van der Waals surface area contributed by atoms with Crippen LogP contribution in [0.5, 0.6) is 0 Å². The van der Waals surface area contributed by atoms with E-state index in [0.29, 0.717) is 0 Å². The second-order valence-electron chi connectivity index (χ2n) is 5.62. The van der Waals surface area contributed by atoms with Crippen molar-refractivity contribution in [2.24, 2.45) is 0 Å². The Kier molecular flexibility index (Phi) is 6.70. The van der Waals surface area contributed by atoms with E-state index >= 15 is 0 Å². The van der Waals surface area contributed by atoms with Crippen LogP contribution in [0, 0.1) is 0 Å². The van der Waals surface area contributed by atoms with Gasteiger partial charge in [0.05, 0.1) is 24.8 Å². The van der Waals surface area contributed by atoms with E-state index in [1.165, 1.54) is 19.2 Å². The van der Waals surface area contributed by atoms with Gasteiger partial charge in [0, 0.05) is 19.6 Å². The molecule has 142 valence electrons. The molecule has 1 aromatic rings. The minimum atomic E-state index is -3.91. The predicted octanol–water partition coefficient (Wildman–Crippen LogP) is -0.755. The monoisotopic (exact) mass is 383 g/mol. The molecule has 0 saturated carbocycles. The number of ether oxygens (including phenoxy) is 1. The molecular weight excluding hydrogens is 362 g/mol. The molecule has 1 aliphatic rings. The Balaban J connectivity index is 2.09. The van der Waals surface area contributed by atoms with Gasteiger partial charge in [-0.05, 0) is 12.1 Å². The number of carbonyl (C=O) groups excluding carboxylic acids is 3. The Hall–Kier alpha value is -2.46. The molecule has 2 amide bonds. The van der Waals surface area contributed by atoms with Gasteiger partial charge in [0.1, 0.15) is 6.04 Å². The first-order valence-electron chi connectivity index (χ1n) is 8.04. The SMILES string of the molecule is COC(=O)CCNC(=O)CC1C(=O)NCCN1S(=O)(=O)c1ccccc1. The zero-order valence-corrected chi connectivity index (χ0v) is 15.1. The van der Waals surface area contributed by atoms with Crippen molar-refractivity contribution >= 4 is 27.8 Å². The van der Waals surface area contributed by atoms with Crippen molar-refractivity contribution in [1.29, 1.82) is 0 Å². The summed E-state index contributed by atoms with van der Waals surface area (Å²) in [6, 6.07) is 6.60. The molecule has 0 spiro atoms. The van der Waals surface area contributed by atoms with E-state index in [2.05, 4.69) is 15.4 Å². The Bertz CT molecular complexity index is 765. The first kappa shape index (κ1) is 19.9. The van der Waals surface area contributed by atoms with Crippen molar-refractivity contribution < 1.29 is 27.5 Å². The molecule has 26 heavy (non-hydrogen) atoms. The lowest BCUT2D eigenvalue weighted by molar-refractivity contribution is -0.140. The third-order valence-electron chi connectivity index (χ3n) is 3.89. The number of carbonyl (C=O) groups is 3. The van der Waals surface area contributed by atoms with E-state index in [1.54, 1.807) is 18.2 Å². The number of piperazine rings is 1. The van der Waals surface area contributed by atoms with E-state index in [9.17, 15) is 22.8 Å². The highest BCUT2D eigenvalue weighted by molar-refractivity contribution is 7.89. The number of nitrogens with zero attached hydrogens (tertiary/aromatic N) is 1. The first-order chi connectivity index (χ1) is 12.4. The molecule has 1 unspecified atom stereocenters. The Morgan fingerprint density at radius 2 is 2.00 bits per heavy atom. The molecule has 1 aliphatic heterocycles. The van der Waals surface area contributed by atoms with Gasteiger partial charge in [-0.15, -0.1) is 0 Å². The van der Waals surface area contributed by atoms with Crippen LogP contribution in [0.4, 0.5) is 0 Å². The van der Waals surface area contributed by atoms with Gasteiger partial charge >= 0.3 is 5.97 Å². The zero-order valence-electron chi connectivity index (χ0n) is 14.3. The van der Waals surface area contributed by atoms with Crippen LogP contribution in [-0.4, -0.2) is 63.3 Å². The Labute approximate surface area is 151 Å². The maximum absolute atomic E-state index is 12.8. The second-order valence-corrected chi connectivity index (χ2v) is 7.51. The van der Waals surface area contributed by atoms with Gasteiger partial charge in [0.15, 0.2) is 0 Å². The van der Waals surface area contributed by atoms with Crippen molar-refractivity contribution in [1.82, 2.24) is 14.9 Å². The summed E-state index contributed by atoms with van der Waals surface area (Å²) >= 11 is 0. The number of hydrogen-bond acceptors (Lipinski definition) is 6. The summed E-state index contributed by atoms with van der Waals surface area (Å²) in [4.78, 5) is 35.4. The lowest BCUT2D eigenvalue weighted by Crippen LogP contribution is -2.58. The number of amides is 2. The third-order valence-corrected chi connectivity index (χ3v) is 5.81. The lowest BCUT2D eigenvalue weighted by Gasteiger charge is -2.33. The molecule has 0 aliphatic carbocycles. The Morgan fingerprint density at radius 1 is 1.31 bits per heavy atom. The van der Waals surface area contributed by atoms with E-state index in [1.807, 2.05) is 0 Å². The first-order valence-corrected chi connectivity index (χ1v) is 9.48. The third kappa shape index (κ3) is 4.79. The summed E-state index contributed by atoms with van der Waals surface area (Å²) in [5, 5.41) is 5.06. The minimum absolute atomic E-state index is 0.00880. The topological polar surface area (TPSA) is 122 Å². The number of benzene rings is 1. The molecule has 1 heterocycles. The van der Waals surface area contributed by atoms with E-state index in [0.717, 1.165) is 4.31 Å². The van der Waals surface area contributed by atoms with Gasteiger partial charge in [-0.3, -0.25) is 14.4 Å². The van der Waals surface area contributed by atoms with Crippen LogP contribution >= 0.6 is 0 Å². The van der Waals surface area contributed by atoms with Gasteiger partial charge in [0.2, 0.25) is 21.8 Å². The quantitative estimate of drug-likeness (QED) is 0.597. The molecule has 0 aromatic heterocycles. The van der Waals surface area contributed by atoms with Gasteiger partial charge in [-0.1, -0.05) is 18.2 Å². The highest BCUT2D eigenvalue weighted by atomic mass is 32.2. The van der Waals surface area contributed by atoms with Crippen LogP contribution in [0.25, 0.3) is 0 Å². The fourth-order valence-corrected chi connectivity index (χ4v) is 4.17. The van der Waals surface area contributed by atoms with Crippen LogP contribution in [0.3, 0.4) is 0 Å². The average molecular weight is 383 g/mol. The van der Waals surface area contributed by atoms with Gasteiger partial charge in [0.25, 0.3) is 0 Å². The van der Waals surface area contributed by atoms with E-state index < -0.39 is 33.8 Å². The smallest absolute Gasteiger partial charge is 0.307 e. The minimum Gasteiger partial charge on any atom is -0.469 e. The standard InChI is InChI=1S/C16H21N3O6S/c1-25-15(21)7-8-17-14(20)11-13-16(22)18-9-10-19(13)26(23,24)12-5-3-2-4-6-12/h2-6,13H,7-11H2,1H3,(H,17,20)(H,18,22). The number of rotatable bonds is 7. The zero-order chi connectivity index (χ0) is 19.2. The van der Waals surface area contributed by atoms with Crippen molar-refractivity contribution in [2.75, 3.05) is 26.7 Å². The van der Waals surface area contributed by atoms with Crippen molar-refractivity contribution in [2.45, 2.75) is 23.8 Å². The van der Waals surface area contributed by atoms with E-state index in [-0.39, 0.29) is 37.4 Å². The lowest BCUT2D eigenvalue weighted by atomic mass is 10.1. The summed E-state index contributed by atoms with van der Waals surface area (Å²) in [6.07, 6.45) is -0.343. The molecule has 1 atom stereocenters. The number of sulfonamides is 1. The van der Waals surface area contributed by atoms with E-state index in [4.69, 9.17) is 0 Å². The summed E-state index contributed by atoms with van der Waals surface area (Å²) in [6.45, 7) is 0.291. The van der Waals surface area contributed by atoms with Crippen LogP contribution in [-0.2, 0) is 29.1 Å². The molecule has 9 nitrogen and oxygen atoms in total. The number of esters is 1. The highest BCUT2D eigenvalue weighted by Crippen LogP contribution is 2.21. The Morgan fingerprint density at radius 3 is 2.65 bits per heavy atom. The maximum Gasteiger partial charge on any atom is 0.307 e. The molecule has 2 N–H and O–H groups in total. The maximum atomic E-state index is 12.8. The van der Waals surface area contributed by atoms with Crippen molar-refractivity contribution in [3.8, 4) is 0 Å².